The summed E-state index contributed by atoms with van der Waals surface area (Å²) in [7, 11) is -3.89. The molecule has 1 aromatic heterocycles. The molecule has 1 amide bonds. The number of piperazine rings is 1. The molecule has 8 heteroatoms. The Morgan fingerprint density at radius 2 is 1.71 bits per heavy atom. The van der Waals surface area contributed by atoms with Crippen LogP contribution >= 0.6 is 0 Å². The van der Waals surface area contributed by atoms with Crippen LogP contribution in [0.2, 0.25) is 0 Å². The summed E-state index contributed by atoms with van der Waals surface area (Å²) < 4.78 is 27.6. The second-order valence-corrected chi connectivity index (χ2v) is 8.83. The van der Waals surface area contributed by atoms with E-state index in [4.69, 9.17) is 0 Å². The summed E-state index contributed by atoms with van der Waals surface area (Å²) in [4.78, 5) is 21.0. The Balaban J connectivity index is 1.59. The lowest BCUT2D eigenvalue weighted by atomic mass is 10.1. The highest BCUT2D eigenvalue weighted by atomic mass is 32.2. The molecule has 3 rings (SSSR count). The molecular weight excluding hydrogens is 376 g/mol. The first-order valence-corrected chi connectivity index (χ1v) is 10.8. The number of aryl methyl sites for hydroxylation is 3. The maximum absolute atomic E-state index is 12.7. The van der Waals surface area contributed by atoms with Crippen LogP contribution in [0.3, 0.4) is 0 Å². The number of rotatable bonds is 5. The largest absolute Gasteiger partial charge is 0.354 e. The van der Waals surface area contributed by atoms with E-state index in [0.717, 1.165) is 24.5 Å². The molecule has 1 aliphatic heterocycles. The van der Waals surface area contributed by atoms with E-state index in [1.807, 2.05) is 42.2 Å². The molecule has 2 aromatic rings. The van der Waals surface area contributed by atoms with Gasteiger partial charge in [0.15, 0.2) is 0 Å². The number of amides is 1. The molecule has 1 N–H and O–H groups in total. The van der Waals surface area contributed by atoms with Gasteiger partial charge < -0.3 is 4.90 Å². The predicted octanol–water partition coefficient (Wildman–Crippen LogP) is 1.63. The normalized spacial score (nSPS) is 15.5. The zero-order valence-corrected chi connectivity index (χ0v) is 17.3. The van der Waals surface area contributed by atoms with Crippen molar-refractivity contribution >= 4 is 21.7 Å². The lowest BCUT2D eigenvalue weighted by molar-refractivity contribution is -0.120. The lowest BCUT2D eigenvalue weighted by Gasteiger charge is -2.34. The van der Waals surface area contributed by atoms with Gasteiger partial charge in [-0.05, 0) is 44.0 Å². The minimum Gasteiger partial charge on any atom is -0.354 e. The van der Waals surface area contributed by atoms with Gasteiger partial charge in [0.1, 0.15) is 5.82 Å². The van der Waals surface area contributed by atoms with Crippen LogP contribution in [0.5, 0.6) is 0 Å². The fourth-order valence-corrected chi connectivity index (χ4v) is 5.13. The molecule has 0 radical (unpaired) electrons. The van der Waals surface area contributed by atoms with Crippen LogP contribution < -0.4 is 9.62 Å². The quantitative estimate of drug-likeness (QED) is 0.819. The highest BCUT2D eigenvalue weighted by molar-refractivity contribution is 7.90. The van der Waals surface area contributed by atoms with Gasteiger partial charge in [-0.1, -0.05) is 23.8 Å². The fourth-order valence-electron chi connectivity index (χ4n) is 3.70. The number of carbonyl (C=O) groups is 1. The Bertz CT molecular complexity index is 930. The lowest BCUT2D eigenvalue weighted by Crippen LogP contribution is -2.50. The van der Waals surface area contributed by atoms with Gasteiger partial charge in [-0.15, -0.1) is 0 Å². The number of hydrogen-bond acceptors (Lipinski definition) is 6. The van der Waals surface area contributed by atoms with E-state index < -0.39 is 15.9 Å². The second-order valence-electron chi connectivity index (χ2n) is 7.21. The van der Waals surface area contributed by atoms with Gasteiger partial charge in [-0.2, -0.15) is 0 Å². The SMILES string of the molecule is Cc1cc(C)c(S(=O)(=O)NC(=O)CN2CCN(c3ccccn3)CC2)c(C)c1. The summed E-state index contributed by atoms with van der Waals surface area (Å²) in [5.74, 6) is 0.408. The number of benzene rings is 1. The Morgan fingerprint density at radius 3 is 2.29 bits per heavy atom. The molecule has 28 heavy (non-hydrogen) atoms. The summed E-state index contributed by atoms with van der Waals surface area (Å²) in [6.45, 7) is 8.30. The minimum absolute atomic E-state index is 0.0548. The van der Waals surface area contributed by atoms with Crippen LogP contribution in [0.25, 0.3) is 0 Å². The first kappa shape index (κ1) is 20.3. The molecule has 0 unspecified atom stereocenters. The van der Waals surface area contributed by atoms with Crippen molar-refractivity contribution in [1.29, 1.82) is 0 Å². The van der Waals surface area contributed by atoms with Crippen LogP contribution in [0.1, 0.15) is 16.7 Å². The van der Waals surface area contributed by atoms with Crippen molar-refractivity contribution in [1.82, 2.24) is 14.6 Å². The van der Waals surface area contributed by atoms with Gasteiger partial charge in [0, 0.05) is 32.4 Å². The predicted molar refractivity (Wildman–Crippen MR) is 109 cm³/mol. The zero-order chi connectivity index (χ0) is 20.3. The second kappa shape index (κ2) is 8.28. The van der Waals surface area contributed by atoms with Crippen molar-refractivity contribution in [2.75, 3.05) is 37.6 Å². The molecule has 1 aromatic carbocycles. The molecule has 1 saturated heterocycles. The number of nitrogens with one attached hydrogen (secondary N) is 1. The van der Waals surface area contributed by atoms with E-state index in [-0.39, 0.29) is 11.4 Å². The van der Waals surface area contributed by atoms with E-state index in [1.54, 1.807) is 20.0 Å². The van der Waals surface area contributed by atoms with Gasteiger partial charge >= 0.3 is 0 Å². The summed E-state index contributed by atoms with van der Waals surface area (Å²) in [5, 5.41) is 0. The number of aromatic nitrogens is 1. The molecule has 1 aliphatic rings. The van der Waals surface area contributed by atoms with E-state index in [0.29, 0.717) is 24.2 Å². The van der Waals surface area contributed by atoms with Crippen molar-refractivity contribution < 1.29 is 13.2 Å². The molecule has 0 saturated carbocycles. The van der Waals surface area contributed by atoms with Crippen molar-refractivity contribution in [3.63, 3.8) is 0 Å². The van der Waals surface area contributed by atoms with E-state index in [2.05, 4.69) is 14.6 Å². The molecule has 0 bridgehead atoms. The van der Waals surface area contributed by atoms with Gasteiger partial charge in [0.2, 0.25) is 5.91 Å². The third-order valence-electron chi connectivity index (χ3n) is 4.83. The molecule has 2 heterocycles. The number of carbonyl (C=O) groups excluding carboxylic acids is 1. The van der Waals surface area contributed by atoms with Crippen molar-refractivity contribution in [2.45, 2.75) is 25.7 Å². The number of sulfonamides is 1. The maximum atomic E-state index is 12.7. The van der Waals surface area contributed by atoms with Crippen LogP contribution in [-0.2, 0) is 14.8 Å². The molecule has 1 fully saturated rings. The van der Waals surface area contributed by atoms with E-state index in [9.17, 15) is 13.2 Å². The molecule has 0 atom stereocenters. The summed E-state index contributed by atoms with van der Waals surface area (Å²) in [6.07, 6.45) is 1.76. The minimum atomic E-state index is -3.89. The third-order valence-corrected chi connectivity index (χ3v) is 6.51. The Morgan fingerprint density at radius 1 is 1.07 bits per heavy atom. The van der Waals surface area contributed by atoms with E-state index in [1.165, 1.54) is 0 Å². The zero-order valence-electron chi connectivity index (χ0n) is 16.5. The Hall–Kier alpha value is -2.45. The fraction of sp³-hybridized carbons (Fsp3) is 0.400. The van der Waals surface area contributed by atoms with Crippen molar-refractivity contribution in [3.8, 4) is 0 Å². The highest BCUT2D eigenvalue weighted by Gasteiger charge is 2.25. The number of hydrogen-bond donors (Lipinski definition) is 1. The Labute approximate surface area is 166 Å². The highest BCUT2D eigenvalue weighted by Crippen LogP contribution is 2.21. The van der Waals surface area contributed by atoms with Crippen molar-refractivity contribution in [3.05, 3.63) is 53.2 Å². The van der Waals surface area contributed by atoms with Crippen LogP contribution in [0.15, 0.2) is 41.4 Å². The number of pyridine rings is 1. The van der Waals surface area contributed by atoms with Crippen LogP contribution in [0.4, 0.5) is 5.82 Å². The van der Waals surface area contributed by atoms with E-state index >= 15 is 0 Å². The van der Waals surface area contributed by atoms with Crippen LogP contribution in [0, 0.1) is 20.8 Å². The molecule has 7 nitrogen and oxygen atoms in total. The number of nitrogens with zero attached hydrogens (tertiary/aromatic N) is 3. The Kier molecular flexibility index (Phi) is 6.00. The average Bonchev–Trinajstić information content (AvgIpc) is 2.61. The topological polar surface area (TPSA) is 82.6 Å². The van der Waals surface area contributed by atoms with Gasteiger partial charge in [-0.3, -0.25) is 9.69 Å². The first-order chi connectivity index (χ1) is 13.3. The first-order valence-electron chi connectivity index (χ1n) is 9.28. The van der Waals surface area contributed by atoms with Gasteiger partial charge in [-0.25, -0.2) is 18.1 Å². The molecule has 0 aliphatic carbocycles. The molecule has 0 spiro atoms. The number of anilines is 1. The average molecular weight is 403 g/mol. The van der Waals surface area contributed by atoms with Crippen LogP contribution in [-0.4, -0.2) is 56.9 Å². The third kappa shape index (κ3) is 4.69. The van der Waals surface area contributed by atoms with Gasteiger partial charge in [0.25, 0.3) is 10.0 Å². The smallest absolute Gasteiger partial charge is 0.264 e. The molecular formula is C20H26N4O3S. The molecule has 150 valence electrons. The maximum Gasteiger partial charge on any atom is 0.264 e. The monoisotopic (exact) mass is 402 g/mol. The summed E-state index contributed by atoms with van der Waals surface area (Å²) in [6, 6.07) is 9.40. The standard InChI is InChI=1S/C20H26N4O3S/c1-15-12-16(2)20(17(3)13-15)28(26,27)22-19(25)14-23-8-10-24(11-9-23)18-6-4-5-7-21-18/h4-7,12-13H,8-11,14H2,1-3H3,(H,22,25). The summed E-state index contributed by atoms with van der Waals surface area (Å²) >= 11 is 0. The van der Waals surface area contributed by atoms with Gasteiger partial charge in [0.05, 0.1) is 11.4 Å². The summed E-state index contributed by atoms with van der Waals surface area (Å²) in [5.41, 5.74) is 2.27. The van der Waals surface area contributed by atoms with Crippen molar-refractivity contribution in [2.24, 2.45) is 0 Å².